The number of benzene rings is 2. The summed E-state index contributed by atoms with van der Waals surface area (Å²) in [4.78, 5) is 18.2. The largest absolute Gasteiger partial charge is 0.459 e. The first-order valence-electron chi connectivity index (χ1n) is 10.5. The maximum Gasteiger partial charge on any atom is 0.338 e. The first-order chi connectivity index (χ1) is 14.6. The van der Waals surface area contributed by atoms with Gasteiger partial charge in [0.15, 0.2) is 0 Å². The molecule has 5 nitrogen and oxygen atoms in total. The molecule has 2 aromatic carbocycles. The molecule has 1 aliphatic carbocycles. The number of allylic oxidation sites excluding steroid dienone is 1. The molecule has 0 spiro atoms. The molecule has 30 heavy (non-hydrogen) atoms. The van der Waals surface area contributed by atoms with Gasteiger partial charge in [-0.15, -0.1) is 0 Å². The zero-order valence-electron chi connectivity index (χ0n) is 16.9. The zero-order chi connectivity index (χ0) is 20.7. The molecular formula is C24H24BrN3O2. The third-order valence-electron chi connectivity index (χ3n) is 6.06. The van der Waals surface area contributed by atoms with Crippen molar-refractivity contribution in [1.29, 1.82) is 0 Å². The van der Waals surface area contributed by atoms with E-state index in [2.05, 4.69) is 37.9 Å². The van der Waals surface area contributed by atoms with Crippen LogP contribution in [0.3, 0.4) is 0 Å². The van der Waals surface area contributed by atoms with E-state index >= 15 is 0 Å². The van der Waals surface area contributed by atoms with Crippen molar-refractivity contribution in [3.8, 4) is 0 Å². The molecule has 0 unspecified atom stereocenters. The van der Waals surface area contributed by atoms with E-state index in [0.29, 0.717) is 5.57 Å². The van der Waals surface area contributed by atoms with E-state index in [4.69, 9.17) is 9.72 Å². The van der Waals surface area contributed by atoms with Gasteiger partial charge in [-0.25, -0.2) is 9.78 Å². The highest BCUT2D eigenvalue weighted by atomic mass is 79.9. The maximum atomic E-state index is 13.4. The minimum absolute atomic E-state index is 0.0121. The van der Waals surface area contributed by atoms with Crippen LogP contribution in [0.15, 0.2) is 64.3 Å². The Morgan fingerprint density at radius 2 is 1.83 bits per heavy atom. The van der Waals surface area contributed by atoms with Gasteiger partial charge in [-0.3, -0.25) is 4.57 Å². The van der Waals surface area contributed by atoms with Gasteiger partial charge in [-0.1, -0.05) is 46.6 Å². The second-order valence-electron chi connectivity index (χ2n) is 8.08. The Hall–Kier alpha value is -2.60. The molecular weight excluding hydrogens is 442 g/mol. The molecule has 154 valence electrons. The third kappa shape index (κ3) is 3.43. The highest BCUT2D eigenvalue weighted by Gasteiger charge is 2.36. The predicted molar refractivity (Wildman–Crippen MR) is 121 cm³/mol. The number of rotatable bonds is 3. The lowest BCUT2D eigenvalue weighted by atomic mass is 9.94. The van der Waals surface area contributed by atoms with Gasteiger partial charge in [-0.2, -0.15) is 0 Å². The van der Waals surface area contributed by atoms with E-state index in [9.17, 15) is 4.79 Å². The fourth-order valence-corrected chi connectivity index (χ4v) is 4.85. The number of esters is 1. The van der Waals surface area contributed by atoms with E-state index in [1.165, 1.54) is 6.42 Å². The number of imidazole rings is 1. The Morgan fingerprint density at radius 3 is 2.60 bits per heavy atom. The molecule has 2 aliphatic rings. The molecule has 1 saturated carbocycles. The maximum absolute atomic E-state index is 13.4. The van der Waals surface area contributed by atoms with Crippen LogP contribution in [0.2, 0.25) is 0 Å². The Kier molecular flexibility index (Phi) is 5.11. The number of ether oxygens (including phenoxy) is 1. The van der Waals surface area contributed by atoms with Crippen molar-refractivity contribution in [3.05, 3.63) is 69.8 Å². The number of carbonyl (C=O) groups is 1. The lowest BCUT2D eigenvalue weighted by Gasteiger charge is -2.31. The highest BCUT2D eigenvalue weighted by Crippen LogP contribution is 2.40. The fraction of sp³-hybridized carbons (Fsp3) is 0.333. The normalized spacial score (nSPS) is 19.5. The average Bonchev–Trinajstić information content (AvgIpc) is 3.12. The first kappa shape index (κ1) is 19.4. The van der Waals surface area contributed by atoms with Gasteiger partial charge in [0.25, 0.3) is 0 Å². The molecule has 1 fully saturated rings. The van der Waals surface area contributed by atoms with Gasteiger partial charge in [-0.05, 0) is 62.4 Å². The van der Waals surface area contributed by atoms with E-state index < -0.39 is 0 Å². The van der Waals surface area contributed by atoms with Crippen LogP contribution in [-0.4, -0.2) is 21.6 Å². The van der Waals surface area contributed by atoms with Crippen molar-refractivity contribution < 1.29 is 9.53 Å². The summed E-state index contributed by atoms with van der Waals surface area (Å²) < 4.78 is 9.12. The topological polar surface area (TPSA) is 56.2 Å². The Labute approximate surface area is 184 Å². The summed E-state index contributed by atoms with van der Waals surface area (Å²) in [5, 5.41) is 3.35. The Balaban J connectivity index is 1.62. The second-order valence-corrected chi connectivity index (χ2v) is 8.99. The number of nitrogens with zero attached hydrogens (tertiary/aromatic N) is 2. The number of halogens is 1. The first-order valence-corrected chi connectivity index (χ1v) is 11.3. The van der Waals surface area contributed by atoms with Gasteiger partial charge in [0.2, 0.25) is 5.95 Å². The summed E-state index contributed by atoms with van der Waals surface area (Å²) in [6.07, 6.45) is 5.39. The van der Waals surface area contributed by atoms with E-state index in [1.807, 2.05) is 43.3 Å². The quantitative estimate of drug-likeness (QED) is 0.484. The number of aromatic nitrogens is 2. The summed E-state index contributed by atoms with van der Waals surface area (Å²) in [5.74, 6) is 0.513. The van der Waals surface area contributed by atoms with Crippen molar-refractivity contribution in [3.63, 3.8) is 0 Å². The van der Waals surface area contributed by atoms with Crippen LogP contribution in [0.1, 0.15) is 50.6 Å². The standard InChI is InChI=1S/C24H24BrN3O2/c1-15-21(23(29)30-18-7-3-2-4-8-18)22(16-11-13-17(25)14-12-16)28-20-10-6-5-9-19(20)27-24(28)26-15/h5-6,9-14,18,22H,2-4,7-8H2,1H3,(H,26,27)/t22-/m1/s1. The van der Waals surface area contributed by atoms with E-state index in [1.54, 1.807) is 0 Å². The van der Waals surface area contributed by atoms with Gasteiger partial charge in [0.1, 0.15) is 6.10 Å². The molecule has 0 radical (unpaired) electrons. The molecule has 6 heteroatoms. The summed E-state index contributed by atoms with van der Waals surface area (Å²) in [7, 11) is 0. The minimum Gasteiger partial charge on any atom is -0.459 e. The summed E-state index contributed by atoms with van der Waals surface area (Å²) in [5.41, 5.74) is 4.37. The minimum atomic E-state index is -0.294. The van der Waals surface area contributed by atoms with Crippen molar-refractivity contribution in [2.75, 3.05) is 5.32 Å². The molecule has 0 amide bonds. The fourth-order valence-electron chi connectivity index (χ4n) is 4.59. The van der Waals surface area contributed by atoms with Crippen LogP contribution in [0.4, 0.5) is 5.95 Å². The van der Waals surface area contributed by atoms with Gasteiger partial charge >= 0.3 is 5.97 Å². The second kappa shape index (κ2) is 7.91. The van der Waals surface area contributed by atoms with Gasteiger partial charge in [0.05, 0.1) is 22.6 Å². The van der Waals surface area contributed by atoms with E-state index in [0.717, 1.165) is 58.4 Å². The van der Waals surface area contributed by atoms with Crippen molar-refractivity contribution in [1.82, 2.24) is 9.55 Å². The average molecular weight is 466 g/mol. The number of hydrogen-bond acceptors (Lipinski definition) is 4. The number of nitrogens with one attached hydrogen (secondary N) is 1. The zero-order valence-corrected chi connectivity index (χ0v) is 18.5. The SMILES string of the molecule is CC1=C(C(=O)OC2CCCCC2)[C@@H](c2ccc(Br)cc2)n2c(nc3ccccc32)N1. The van der Waals surface area contributed by atoms with Crippen LogP contribution >= 0.6 is 15.9 Å². The molecule has 1 N–H and O–H groups in total. The van der Waals surface area contributed by atoms with E-state index in [-0.39, 0.29) is 18.1 Å². The van der Waals surface area contributed by atoms with Crippen molar-refractivity contribution >= 4 is 38.9 Å². The molecule has 1 atom stereocenters. The lowest BCUT2D eigenvalue weighted by Crippen LogP contribution is -2.31. The highest BCUT2D eigenvalue weighted by molar-refractivity contribution is 9.10. The number of para-hydroxylation sites is 2. The molecule has 5 rings (SSSR count). The van der Waals surface area contributed by atoms with Gasteiger partial charge in [0, 0.05) is 10.2 Å². The molecule has 0 saturated heterocycles. The number of carbonyl (C=O) groups excluding carboxylic acids is 1. The monoisotopic (exact) mass is 465 g/mol. The molecule has 1 aliphatic heterocycles. The number of hydrogen-bond donors (Lipinski definition) is 1. The third-order valence-corrected chi connectivity index (χ3v) is 6.59. The van der Waals surface area contributed by atoms with Crippen LogP contribution in [0.5, 0.6) is 0 Å². The van der Waals surface area contributed by atoms with Crippen LogP contribution in [0.25, 0.3) is 11.0 Å². The number of fused-ring (bicyclic) bond motifs is 3. The number of anilines is 1. The van der Waals surface area contributed by atoms with Crippen LogP contribution in [0, 0.1) is 0 Å². The van der Waals surface area contributed by atoms with Crippen LogP contribution < -0.4 is 5.32 Å². The van der Waals surface area contributed by atoms with Crippen molar-refractivity contribution in [2.45, 2.75) is 51.2 Å². The smallest absolute Gasteiger partial charge is 0.338 e. The van der Waals surface area contributed by atoms with Crippen LogP contribution in [-0.2, 0) is 9.53 Å². The Morgan fingerprint density at radius 1 is 1.10 bits per heavy atom. The molecule has 1 aromatic heterocycles. The summed E-state index contributed by atoms with van der Waals surface area (Å²) >= 11 is 3.52. The molecule has 0 bridgehead atoms. The summed E-state index contributed by atoms with van der Waals surface area (Å²) in [6, 6.07) is 15.9. The lowest BCUT2D eigenvalue weighted by molar-refractivity contribution is -0.146. The predicted octanol–water partition coefficient (Wildman–Crippen LogP) is 5.96. The molecule has 3 aromatic rings. The van der Waals surface area contributed by atoms with Crippen molar-refractivity contribution in [2.24, 2.45) is 0 Å². The molecule has 2 heterocycles. The Bertz CT molecular complexity index is 1130. The van der Waals surface area contributed by atoms with Gasteiger partial charge < -0.3 is 10.1 Å². The summed E-state index contributed by atoms with van der Waals surface area (Å²) in [6.45, 7) is 1.94.